The van der Waals surface area contributed by atoms with Gasteiger partial charge in [0.15, 0.2) is 0 Å². The molecule has 3 fully saturated rings. The Morgan fingerprint density at radius 3 is 2.19 bits per heavy atom. The van der Waals surface area contributed by atoms with Crippen LogP contribution in [0.5, 0.6) is 0 Å². The van der Waals surface area contributed by atoms with E-state index >= 15 is 0 Å². The van der Waals surface area contributed by atoms with Crippen molar-refractivity contribution >= 4 is 29.7 Å². The normalized spacial score (nSPS) is 22.0. The van der Waals surface area contributed by atoms with Crippen molar-refractivity contribution in [1.29, 1.82) is 0 Å². The molecule has 2 amide bonds. The molecule has 0 radical (unpaired) electrons. The summed E-state index contributed by atoms with van der Waals surface area (Å²) in [6, 6.07) is -1.13. The van der Waals surface area contributed by atoms with Gasteiger partial charge in [-0.2, -0.15) is 0 Å². The molecular formula is C25H34N2O9. The molecule has 11 nitrogen and oxygen atoms in total. The van der Waals surface area contributed by atoms with Gasteiger partial charge < -0.3 is 29.1 Å². The van der Waals surface area contributed by atoms with Crippen LogP contribution in [0.4, 0.5) is 0 Å². The fourth-order valence-corrected chi connectivity index (χ4v) is 4.75. The first-order valence-electron chi connectivity index (χ1n) is 12.6. The quantitative estimate of drug-likeness (QED) is 0.160. The summed E-state index contributed by atoms with van der Waals surface area (Å²) in [5.41, 5.74) is 0. The summed E-state index contributed by atoms with van der Waals surface area (Å²) in [4.78, 5) is 63.1. The van der Waals surface area contributed by atoms with E-state index in [1.54, 1.807) is 4.90 Å². The van der Waals surface area contributed by atoms with Crippen molar-refractivity contribution in [1.82, 2.24) is 9.80 Å². The summed E-state index contributed by atoms with van der Waals surface area (Å²) in [5, 5.41) is 9.21. The third-order valence-corrected chi connectivity index (χ3v) is 6.75. The summed E-state index contributed by atoms with van der Waals surface area (Å²) in [6.07, 6.45) is 5.22. The van der Waals surface area contributed by atoms with Gasteiger partial charge in [0, 0.05) is 45.1 Å². The zero-order chi connectivity index (χ0) is 25.9. The number of likely N-dealkylation sites (tertiary alicyclic amines) is 2. The molecule has 0 aromatic rings. The number of carbonyl (C=O) groups excluding carboxylic acids is 4. The van der Waals surface area contributed by atoms with Crippen LogP contribution < -0.4 is 0 Å². The minimum atomic E-state index is -0.975. The molecule has 2 atom stereocenters. The van der Waals surface area contributed by atoms with Crippen LogP contribution in [0.2, 0.25) is 0 Å². The lowest BCUT2D eigenvalue weighted by Crippen LogP contribution is -2.40. The molecule has 0 aromatic carbocycles. The first kappa shape index (κ1) is 27.5. The average Bonchev–Trinajstić information content (AvgIpc) is 3.56. The maximum Gasteiger partial charge on any atom is 0.387 e. The monoisotopic (exact) mass is 506 g/mol. The van der Waals surface area contributed by atoms with Crippen LogP contribution in [0, 0.1) is 17.8 Å². The van der Waals surface area contributed by atoms with Gasteiger partial charge in [-0.3, -0.25) is 14.4 Å². The van der Waals surface area contributed by atoms with Crippen molar-refractivity contribution in [3.63, 3.8) is 0 Å². The molecular weight excluding hydrogens is 472 g/mol. The second kappa shape index (κ2) is 13.8. The number of amides is 2. The van der Waals surface area contributed by atoms with Crippen molar-refractivity contribution in [2.75, 3.05) is 33.1 Å². The molecule has 0 bridgehead atoms. The second-order valence-corrected chi connectivity index (χ2v) is 9.20. The molecule has 0 aromatic heterocycles. The molecule has 11 heteroatoms. The van der Waals surface area contributed by atoms with Crippen molar-refractivity contribution in [2.45, 2.75) is 76.3 Å². The summed E-state index contributed by atoms with van der Waals surface area (Å²) < 4.78 is 15.0. The molecule has 3 aliphatic heterocycles. The smallest absolute Gasteiger partial charge is 0.387 e. The second-order valence-electron chi connectivity index (χ2n) is 9.20. The van der Waals surface area contributed by atoms with Gasteiger partial charge in [-0.05, 0) is 51.4 Å². The molecule has 3 heterocycles. The van der Waals surface area contributed by atoms with E-state index in [1.165, 1.54) is 4.90 Å². The van der Waals surface area contributed by atoms with E-state index in [4.69, 9.17) is 14.2 Å². The zero-order valence-electron chi connectivity index (χ0n) is 20.4. The van der Waals surface area contributed by atoms with Gasteiger partial charge in [0.1, 0.15) is 6.04 Å². The summed E-state index contributed by atoms with van der Waals surface area (Å²) in [6.45, 7) is 1.52. The average molecular weight is 507 g/mol. The fraction of sp³-hybridized carbons (Fsp3) is 0.720. The zero-order valence-corrected chi connectivity index (χ0v) is 20.4. The Labute approximate surface area is 210 Å². The van der Waals surface area contributed by atoms with Gasteiger partial charge in [-0.1, -0.05) is 5.92 Å². The number of hydrogen-bond donors (Lipinski definition) is 1. The van der Waals surface area contributed by atoms with Gasteiger partial charge in [-0.25, -0.2) is 9.59 Å². The van der Waals surface area contributed by atoms with Crippen molar-refractivity contribution in [3.8, 4) is 11.8 Å². The molecule has 0 spiro atoms. The predicted molar refractivity (Wildman–Crippen MR) is 124 cm³/mol. The first-order chi connectivity index (χ1) is 17.4. The van der Waals surface area contributed by atoms with Crippen LogP contribution in [0.3, 0.4) is 0 Å². The number of rotatable bonds is 9. The highest BCUT2D eigenvalue weighted by molar-refractivity contribution is 5.89. The van der Waals surface area contributed by atoms with Gasteiger partial charge in [0.25, 0.3) is 0 Å². The molecule has 0 saturated carbocycles. The minimum absolute atomic E-state index is 0.0948. The number of unbranched alkanes of at least 4 members (excludes halogenated alkanes) is 1. The van der Waals surface area contributed by atoms with E-state index in [1.807, 2.05) is 0 Å². The predicted octanol–water partition coefficient (Wildman–Crippen LogP) is 1.09. The van der Waals surface area contributed by atoms with Crippen molar-refractivity contribution in [3.05, 3.63) is 0 Å². The lowest BCUT2D eigenvalue weighted by atomic mass is 10.0. The molecule has 3 rings (SSSR count). The molecule has 0 unspecified atom stereocenters. The van der Waals surface area contributed by atoms with E-state index < -0.39 is 36.8 Å². The summed E-state index contributed by atoms with van der Waals surface area (Å²) >= 11 is 0. The first-order valence-corrected chi connectivity index (χ1v) is 12.6. The Kier molecular flexibility index (Phi) is 10.5. The van der Waals surface area contributed by atoms with Crippen LogP contribution in [-0.2, 0) is 38.2 Å². The number of esters is 2. The lowest BCUT2D eigenvalue weighted by Gasteiger charge is -2.22. The lowest BCUT2D eigenvalue weighted by molar-refractivity contribution is -0.169. The van der Waals surface area contributed by atoms with Crippen LogP contribution in [-0.4, -0.2) is 89.8 Å². The third-order valence-electron chi connectivity index (χ3n) is 6.75. The number of nitrogens with zero attached hydrogens (tertiary/aromatic N) is 2. The Balaban J connectivity index is 1.34. The highest BCUT2D eigenvalue weighted by Crippen LogP contribution is 2.21. The maximum absolute atomic E-state index is 12.6. The molecule has 36 heavy (non-hydrogen) atoms. The topological polar surface area (TPSA) is 140 Å². The molecule has 198 valence electrons. The van der Waals surface area contributed by atoms with E-state index in [2.05, 4.69) is 11.8 Å². The summed E-state index contributed by atoms with van der Waals surface area (Å²) in [7, 11) is 0. The van der Waals surface area contributed by atoms with E-state index in [0.29, 0.717) is 71.2 Å². The molecule has 0 aliphatic carbocycles. The van der Waals surface area contributed by atoms with E-state index in [9.17, 15) is 29.1 Å². The Morgan fingerprint density at radius 2 is 1.50 bits per heavy atom. The standard InChI is InChI=1S/C25H34N2O9/c28-21(7-1-2-8-22(29)27-14-4-6-20(27)24(31)32)26-13-3-5-19(26)9-10-23(30)35-17-36-25(33)18-11-15-34-16-12-18/h18-20H,1-8,11-17H2,(H,31,32)/t19-,20-/m1/s1. The van der Waals surface area contributed by atoms with Crippen LogP contribution in [0.25, 0.3) is 0 Å². The van der Waals surface area contributed by atoms with Crippen LogP contribution in [0.15, 0.2) is 0 Å². The molecule has 3 saturated heterocycles. The van der Waals surface area contributed by atoms with Crippen molar-refractivity contribution in [2.24, 2.45) is 5.92 Å². The SMILES string of the molecule is O=C(C#C[C@H]1CCCN1C(=O)CCCCC(=O)N1CCC[C@@H]1C(=O)O)OCOC(=O)C1CCOCC1. The van der Waals surface area contributed by atoms with Crippen LogP contribution in [0.1, 0.15) is 64.2 Å². The van der Waals surface area contributed by atoms with Gasteiger partial charge in [-0.15, -0.1) is 0 Å². The third kappa shape index (κ3) is 7.95. The highest BCUT2D eigenvalue weighted by atomic mass is 16.7. The van der Waals surface area contributed by atoms with Crippen molar-refractivity contribution < 1.29 is 43.3 Å². The number of carboxylic acids is 1. The number of aliphatic carboxylic acids is 1. The van der Waals surface area contributed by atoms with E-state index in [-0.39, 0.29) is 30.6 Å². The van der Waals surface area contributed by atoms with Gasteiger partial charge in [0.2, 0.25) is 18.6 Å². The largest absolute Gasteiger partial charge is 0.480 e. The number of ether oxygens (including phenoxy) is 3. The summed E-state index contributed by atoms with van der Waals surface area (Å²) in [5.74, 6) is 2.41. The Bertz CT molecular complexity index is 888. The number of hydrogen-bond acceptors (Lipinski definition) is 8. The Morgan fingerprint density at radius 1 is 0.861 bits per heavy atom. The molecule has 1 N–H and O–H groups in total. The van der Waals surface area contributed by atoms with Gasteiger partial charge in [0.05, 0.1) is 12.0 Å². The highest BCUT2D eigenvalue weighted by Gasteiger charge is 2.33. The van der Waals surface area contributed by atoms with Crippen LogP contribution >= 0.6 is 0 Å². The number of carbonyl (C=O) groups is 5. The number of carboxylic acid groups (broad SMARTS) is 1. The minimum Gasteiger partial charge on any atom is -0.480 e. The van der Waals surface area contributed by atoms with Gasteiger partial charge >= 0.3 is 17.9 Å². The molecule has 3 aliphatic rings. The maximum atomic E-state index is 12.6. The van der Waals surface area contributed by atoms with E-state index in [0.717, 1.165) is 6.42 Å². The Hall–Kier alpha value is -3.13. The fourth-order valence-electron chi connectivity index (χ4n) is 4.75.